The van der Waals surface area contributed by atoms with E-state index in [1.807, 2.05) is 30.3 Å². The number of nitrogens with one attached hydrogen (secondary N) is 2. The number of amides is 1. The molecule has 0 aliphatic rings. The first-order valence-electron chi connectivity index (χ1n) is 8.04. The topological polar surface area (TPSA) is 63.2 Å². The predicted octanol–water partition coefficient (Wildman–Crippen LogP) is 4.67. The first-order chi connectivity index (χ1) is 12.6. The van der Waals surface area contributed by atoms with Gasteiger partial charge >= 0.3 is 0 Å². The fourth-order valence-corrected chi connectivity index (χ4v) is 2.62. The van der Waals surface area contributed by atoms with Gasteiger partial charge in [0.05, 0.1) is 31.1 Å². The maximum Gasteiger partial charge on any atom is 0.228 e. The van der Waals surface area contributed by atoms with Crippen molar-refractivity contribution in [2.75, 3.05) is 17.7 Å². The molecule has 1 aromatic heterocycles. The summed E-state index contributed by atoms with van der Waals surface area (Å²) in [5.74, 6) is 1.19. The monoisotopic (exact) mass is 367 g/mol. The highest BCUT2D eigenvalue weighted by Crippen LogP contribution is 2.30. The van der Waals surface area contributed by atoms with Crippen molar-refractivity contribution in [3.8, 4) is 5.75 Å². The van der Waals surface area contributed by atoms with Crippen LogP contribution in [0, 0.1) is 0 Å². The maximum absolute atomic E-state index is 12.1. The second-order valence-electron chi connectivity index (χ2n) is 5.61. The van der Waals surface area contributed by atoms with Gasteiger partial charge in [0.1, 0.15) is 11.6 Å². The number of halogens is 1. The first-order valence-corrected chi connectivity index (χ1v) is 8.42. The minimum atomic E-state index is -0.0878. The van der Waals surface area contributed by atoms with Crippen LogP contribution >= 0.6 is 11.6 Å². The van der Waals surface area contributed by atoms with Crippen molar-refractivity contribution in [3.63, 3.8) is 0 Å². The van der Waals surface area contributed by atoms with Gasteiger partial charge in [-0.15, -0.1) is 0 Å². The Morgan fingerprint density at radius 3 is 2.62 bits per heavy atom. The van der Waals surface area contributed by atoms with Gasteiger partial charge in [-0.25, -0.2) is 4.98 Å². The van der Waals surface area contributed by atoms with Crippen LogP contribution < -0.4 is 15.4 Å². The van der Waals surface area contributed by atoms with Crippen molar-refractivity contribution in [1.82, 2.24) is 4.98 Å². The van der Waals surface area contributed by atoms with Gasteiger partial charge in [0.15, 0.2) is 0 Å². The molecule has 26 heavy (non-hydrogen) atoms. The summed E-state index contributed by atoms with van der Waals surface area (Å²) in [5.41, 5.74) is 2.31. The highest BCUT2D eigenvalue weighted by Gasteiger charge is 2.07. The Labute approximate surface area is 157 Å². The molecule has 3 aromatic rings. The Morgan fingerprint density at radius 2 is 1.92 bits per heavy atom. The number of hydrogen-bond donors (Lipinski definition) is 2. The molecule has 0 unspecified atom stereocenters. The molecule has 3 rings (SSSR count). The zero-order chi connectivity index (χ0) is 18.4. The fourth-order valence-electron chi connectivity index (χ4n) is 2.44. The highest BCUT2D eigenvalue weighted by atomic mass is 35.5. The van der Waals surface area contributed by atoms with Crippen molar-refractivity contribution < 1.29 is 9.53 Å². The number of methoxy groups -OCH3 is 1. The number of rotatable bonds is 6. The summed E-state index contributed by atoms with van der Waals surface area (Å²) in [6, 6.07) is 18.4. The molecule has 0 fully saturated rings. The Morgan fingerprint density at radius 1 is 1.12 bits per heavy atom. The summed E-state index contributed by atoms with van der Waals surface area (Å²) in [7, 11) is 1.59. The summed E-state index contributed by atoms with van der Waals surface area (Å²) in [6.45, 7) is 0. The summed E-state index contributed by atoms with van der Waals surface area (Å²) >= 11 is 6.03. The minimum absolute atomic E-state index is 0.0878. The summed E-state index contributed by atoms with van der Waals surface area (Å²) < 4.78 is 5.30. The molecule has 0 atom stereocenters. The van der Waals surface area contributed by atoms with Crippen LogP contribution in [0.2, 0.25) is 5.02 Å². The third kappa shape index (κ3) is 4.74. The van der Waals surface area contributed by atoms with E-state index in [1.165, 1.54) is 0 Å². The minimum Gasteiger partial charge on any atom is -0.495 e. The Kier molecular flexibility index (Phi) is 5.71. The van der Waals surface area contributed by atoms with Gasteiger partial charge in [-0.1, -0.05) is 41.9 Å². The molecule has 0 saturated carbocycles. The quantitative estimate of drug-likeness (QED) is 0.664. The molecule has 0 bridgehead atoms. The molecule has 6 heteroatoms. The van der Waals surface area contributed by atoms with E-state index in [1.54, 1.807) is 43.6 Å². The van der Waals surface area contributed by atoms with E-state index >= 15 is 0 Å². The van der Waals surface area contributed by atoms with Crippen LogP contribution in [0.25, 0.3) is 0 Å². The molecule has 0 aliphatic carbocycles. The van der Waals surface area contributed by atoms with Crippen molar-refractivity contribution in [1.29, 1.82) is 0 Å². The molecule has 0 aliphatic heterocycles. The van der Waals surface area contributed by atoms with E-state index in [0.717, 1.165) is 5.56 Å². The number of anilines is 3. The fraction of sp³-hybridized carbons (Fsp3) is 0.100. The van der Waals surface area contributed by atoms with Gasteiger partial charge < -0.3 is 15.4 Å². The standard InChI is InChI=1S/C20H18ClN3O2/c1-26-18-9-7-15(21)12-17(18)24-19-10-8-16(13-22-19)23-20(25)11-14-5-3-2-4-6-14/h2-10,12-13H,11H2,1H3,(H,22,24)(H,23,25). The number of aromatic nitrogens is 1. The van der Waals surface area contributed by atoms with Gasteiger partial charge in [0, 0.05) is 5.02 Å². The van der Waals surface area contributed by atoms with E-state index < -0.39 is 0 Å². The van der Waals surface area contributed by atoms with Crippen LogP contribution in [-0.4, -0.2) is 18.0 Å². The van der Waals surface area contributed by atoms with Gasteiger partial charge in [-0.05, 0) is 35.9 Å². The van der Waals surface area contributed by atoms with Crippen LogP contribution in [0.1, 0.15) is 5.56 Å². The number of nitrogens with zero attached hydrogens (tertiary/aromatic N) is 1. The van der Waals surface area contributed by atoms with E-state index in [2.05, 4.69) is 15.6 Å². The second-order valence-corrected chi connectivity index (χ2v) is 6.05. The van der Waals surface area contributed by atoms with Crippen LogP contribution in [0.5, 0.6) is 5.75 Å². The average Bonchev–Trinajstić information content (AvgIpc) is 2.64. The number of pyridine rings is 1. The zero-order valence-corrected chi connectivity index (χ0v) is 15.0. The van der Waals surface area contributed by atoms with Crippen LogP contribution in [0.4, 0.5) is 17.2 Å². The second kappa shape index (κ2) is 8.36. The largest absolute Gasteiger partial charge is 0.495 e. The molecule has 2 N–H and O–H groups in total. The molecule has 132 valence electrons. The van der Waals surface area contributed by atoms with Gasteiger partial charge in [0.2, 0.25) is 5.91 Å². The molecule has 0 radical (unpaired) electrons. The van der Waals surface area contributed by atoms with Crippen molar-refractivity contribution in [3.05, 3.63) is 77.4 Å². The molecular formula is C20H18ClN3O2. The average molecular weight is 368 g/mol. The lowest BCUT2D eigenvalue weighted by Crippen LogP contribution is -2.14. The summed E-state index contributed by atoms with van der Waals surface area (Å²) in [6.07, 6.45) is 1.92. The van der Waals surface area contributed by atoms with E-state index in [9.17, 15) is 4.79 Å². The van der Waals surface area contributed by atoms with Crippen LogP contribution in [0.15, 0.2) is 66.9 Å². The number of carbonyl (C=O) groups is 1. The number of benzene rings is 2. The van der Waals surface area contributed by atoms with Gasteiger partial charge in [-0.2, -0.15) is 0 Å². The number of ether oxygens (including phenoxy) is 1. The van der Waals surface area contributed by atoms with E-state index in [4.69, 9.17) is 16.3 Å². The molecule has 1 heterocycles. The third-order valence-corrected chi connectivity index (χ3v) is 3.91. The van der Waals surface area contributed by atoms with Crippen molar-refractivity contribution >= 4 is 34.7 Å². The van der Waals surface area contributed by atoms with Gasteiger partial charge in [0.25, 0.3) is 0 Å². The van der Waals surface area contributed by atoms with E-state index in [-0.39, 0.29) is 5.91 Å². The number of carbonyl (C=O) groups excluding carboxylic acids is 1. The molecule has 2 aromatic carbocycles. The third-order valence-electron chi connectivity index (χ3n) is 3.68. The Bertz CT molecular complexity index is 883. The van der Waals surface area contributed by atoms with Crippen LogP contribution in [0.3, 0.4) is 0 Å². The molecule has 5 nitrogen and oxygen atoms in total. The molecule has 0 spiro atoms. The predicted molar refractivity (Wildman–Crippen MR) is 104 cm³/mol. The molecule has 1 amide bonds. The molecular weight excluding hydrogens is 350 g/mol. The lowest BCUT2D eigenvalue weighted by Gasteiger charge is -2.11. The normalized spacial score (nSPS) is 10.2. The summed E-state index contributed by atoms with van der Waals surface area (Å²) in [4.78, 5) is 16.4. The smallest absolute Gasteiger partial charge is 0.228 e. The Balaban J connectivity index is 1.63. The lowest BCUT2D eigenvalue weighted by molar-refractivity contribution is -0.115. The molecule has 0 saturated heterocycles. The summed E-state index contributed by atoms with van der Waals surface area (Å²) in [5, 5.41) is 6.58. The van der Waals surface area contributed by atoms with Gasteiger partial charge in [-0.3, -0.25) is 4.79 Å². The van der Waals surface area contributed by atoms with Crippen molar-refractivity contribution in [2.24, 2.45) is 0 Å². The highest BCUT2D eigenvalue weighted by molar-refractivity contribution is 6.31. The van der Waals surface area contributed by atoms with Crippen molar-refractivity contribution in [2.45, 2.75) is 6.42 Å². The van der Waals surface area contributed by atoms with E-state index in [0.29, 0.717) is 34.4 Å². The zero-order valence-electron chi connectivity index (χ0n) is 14.2. The van der Waals surface area contributed by atoms with Crippen LogP contribution in [-0.2, 0) is 11.2 Å². The lowest BCUT2D eigenvalue weighted by atomic mass is 10.1. The Hall–Kier alpha value is -3.05. The SMILES string of the molecule is COc1ccc(Cl)cc1Nc1ccc(NC(=O)Cc2ccccc2)cn1. The first kappa shape index (κ1) is 17.8. The number of hydrogen-bond acceptors (Lipinski definition) is 4. The maximum atomic E-state index is 12.1.